The summed E-state index contributed by atoms with van der Waals surface area (Å²) in [6, 6.07) is 9.61. The molecule has 0 aromatic heterocycles. The first-order valence-corrected chi connectivity index (χ1v) is 15.9. The van der Waals surface area contributed by atoms with Crippen molar-refractivity contribution in [2.24, 2.45) is 29.6 Å². The van der Waals surface area contributed by atoms with E-state index in [2.05, 4.69) is 31.2 Å². The first-order valence-electron chi connectivity index (χ1n) is 15.4. The van der Waals surface area contributed by atoms with Gasteiger partial charge in [0.1, 0.15) is 0 Å². The van der Waals surface area contributed by atoms with E-state index >= 15 is 0 Å². The van der Waals surface area contributed by atoms with Crippen LogP contribution in [0.15, 0.2) is 24.3 Å². The Morgan fingerprint density at radius 1 is 0.618 bits per heavy atom. The normalized spacial score (nSPS) is 32.5. The summed E-state index contributed by atoms with van der Waals surface area (Å²) >= 11 is 5.82. The molecule has 1 heteroatoms. The van der Waals surface area contributed by atoms with E-state index < -0.39 is 0 Å². The van der Waals surface area contributed by atoms with Gasteiger partial charge in [0, 0.05) is 5.88 Å². The van der Waals surface area contributed by atoms with E-state index in [0.29, 0.717) is 0 Å². The van der Waals surface area contributed by atoms with Crippen LogP contribution < -0.4 is 0 Å². The van der Waals surface area contributed by atoms with Crippen molar-refractivity contribution >= 4 is 11.6 Å². The van der Waals surface area contributed by atoms with Crippen LogP contribution in [0.4, 0.5) is 0 Å². The lowest BCUT2D eigenvalue weighted by molar-refractivity contribution is 0.137. The average Bonchev–Trinajstić information content (AvgIpc) is 2.89. The summed E-state index contributed by atoms with van der Waals surface area (Å²) in [6.45, 7) is 2.36. The van der Waals surface area contributed by atoms with Crippen molar-refractivity contribution in [1.29, 1.82) is 0 Å². The number of halogens is 1. The van der Waals surface area contributed by atoms with E-state index in [9.17, 15) is 0 Å². The zero-order valence-corrected chi connectivity index (χ0v) is 23.0. The van der Waals surface area contributed by atoms with Gasteiger partial charge in [0.25, 0.3) is 0 Å². The van der Waals surface area contributed by atoms with Crippen molar-refractivity contribution in [3.8, 4) is 0 Å². The number of alkyl halides is 1. The topological polar surface area (TPSA) is 0 Å². The third-order valence-electron chi connectivity index (χ3n) is 10.3. The standard InChI is InChI=1S/C33H53Cl/c1-2-5-26-9-17-30(18-10-26)32-21-13-28(14-22-32)7-8-29-15-23-33(24-16-29)31-19-11-27(12-20-31)6-3-4-25-34/h11-12,19-20,26,28-30,32-33H,2-10,13-18,21-25H2,1H3/t26-,28-,29?,30-,32-,33?. The van der Waals surface area contributed by atoms with Crippen LogP contribution in [-0.2, 0) is 6.42 Å². The summed E-state index contributed by atoms with van der Waals surface area (Å²) in [7, 11) is 0. The van der Waals surface area contributed by atoms with Gasteiger partial charge in [0.2, 0.25) is 0 Å². The maximum atomic E-state index is 5.82. The molecule has 0 aliphatic heterocycles. The third kappa shape index (κ3) is 8.01. The molecule has 3 aliphatic carbocycles. The van der Waals surface area contributed by atoms with Gasteiger partial charge in [-0.2, -0.15) is 0 Å². The van der Waals surface area contributed by atoms with Gasteiger partial charge in [-0.3, -0.25) is 0 Å². The van der Waals surface area contributed by atoms with Crippen molar-refractivity contribution in [3.05, 3.63) is 35.4 Å². The molecule has 1 aromatic carbocycles. The van der Waals surface area contributed by atoms with Crippen LogP contribution in [0.5, 0.6) is 0 Å². The van der Waals surface area contributed by atoms with Crippen molar-refractivity contribution in [3.63, 3.8) is 0 Å². The SMILES string of the molecule is CCC[C@H]1CC[C@H]([C@H]2CC[C@H](CCC3CCC(c4ccc(CCCCCl)cc4)CC3)CC2)CC1. The minimum atomic E-state index is 0.794. The maximum Gasteiger partial charge on any atom is 0.0223 e. The first-order chi connectivity index (χ1) is 16.7. The summed E-state index contributed by atoms with van der Waals surface area (Å²) < 4.78 is 0. The zero-order chi connectivity index (χ0) is 23.6. The molecule has 3 saturated carbocycles. The molecule has 34 heavy (non-hydrogen) atoms. The van der Waals surface area contributed by atoms with Crippen LogP contribution in [0.1, 0.15) is 140 Å². The highest BCUT2D eigenvalue weighted by Crippen LogP contribution is 2.44. The third-order valence-corrected chi connectivity index (χ3v) is 10.5. The van der Waals surface area contributed by atoms with Gasteiger partial charge < -0.3 is 0 Å². The molecule has 0 heterocycles. The number of aryl methyl sites for hydroxylation is 1. The Kier molecular flexibility index (Phi) is 11.2. The van der Waals surface area contributed by atoms with Crippen LogP contribution in [0, 0.1) is 29.6 Å². The number of hydrogen-bond donors (Lipinski definition) is 0. The molecule has 0 radical (unpaired) electrons. The van der Waals surface area contributed by atoms with Gasteiger partial charge in [0.05, 0.1) is 0 Å². The first kappa shape index (κ1) is 26.6. The second kappa shape index (κ2) is 14.3. The predicted octanol–water partition coefficient (Wildman–Crippen LogP) is 10.7. The van der Waals surface area contributed by atoms with E-state index in [-0.39, 0.29) is 0 Å². The summed E-state index contributed by atoms with van der Waals surface area (Å²) in [5.41, 5.74) is 3.09. The summed E-state index contributed by atoms with van der Waals surface area (Å²) in [5, 5.41) is 0. The number of hydrogen-bond acceptors (Lipinski definition) is 0. The second-order valence-electron chi connectivity index (χ2n) is 12.5. The number of rotatable bonds is 11. The van der Waals surface area contributed by atoms with E-state index in [0.717, 1.165) is 47.8 Å². The van der Waals surface area contributed by atoms with Gasteiger partial charge in [-0.1, -0.05) is 82.6 Å². The molecule has 0 unspecified atom stereocenters. The van der Waals surface area contributed by atoms with Crippen LogP contribution >= 0.6 is 11.6 Å². The van der Waals surface area contributed by atoms with E-state index in [1.54, 1.807) is 56.9 Å². The minimum Gasteiger partial charge on any atom is -0.127 e. The Labute approximate surface area is 217 Å². The fourth-order valence-corrected chi connectivity index (χ4v) is 8.13. The molecule has 3 fully saturated rings. The number of unbranched alkanes of at least 4 members (excludes halogenated alkanes) is 1. The van der Waals surface area contributed by atoms with E-state index in [1.165, 1.54) is 69.8 Å². The van der Waals surface area contributed by atoms with Crippen molar-refractivity contribution < 1.29 is 0 Å². The molecular formula is C33H53Cl. The molecule has 1 aromatic rings. The lowest BCUT2D eigenvalue weighted by Gasteiger charge is -2.38. The second-order valence-corrected chi connectivity index (χ2v) is 12.9. The van der Waals surface area contributed by atoms with E-state index in [4.69, 9.17) is 11.6 Å². The highest BCUT2D eigenvalue weighted by Gasteiger charge is 2.31. The Hall–Kier alpha value is -0.490. The summed E-state index contributed by atoms with van der Waals surface area (Å²) in [6.07, 6.45) is 27.7. The molecule has 0 bridgehead atoms. The summed E-state index contributed by atoms with van der Waals surface area (Å²) in [4.78, 5) is 0. The molecule has 0 amide bonds. The minimum absolute atomic E-state index is 0.794. The Balaban J connectivity index is 1.09. The fraction of sp³-hybridized carbons (Fsp3) is 0.818. The largest absolute Gasteiger partial charge is 0.127 e. The van der Waals surface area contributed by atoms with Crippen LogP contribution in [0.25, 0.3) is 0 Å². The average molecular weight is 485 g/mol. The maximum absolute atomic E-state index is 5.82. The molecular weight excluding hydrogens is 432 g/mol. The van der Waals surface area contributed by atoms with E-state index in [1.807, 2.05) is 0 Å². The highest BCUT2D eigenvalue weighted by molar-refractivity contribution is 6.17. The molecule has 0 nitrogen and oxygen atoms in total. The van der Waals surface area contributed by atoms with Crippen molar-refractivity contribution in [1.82, 2.24) is 0 Å². The molecule has 3 aliphatic rings. The quantitative estimate of drug-likeness (QED) is 0.216. The Morgan fingerprint density at radius 3 is 1.62 bits per heavy atom. The molecule has 0 N–H and O–H groups in total. The molecule has 192 valence electrons. The Bertz CT molecular complexity index is 654. The van der Waals surface area contributed by atoms with Crippen molar-refractivity contribution in [2.45, 2.75) is 135 Å². The lowest BCUT2D eigenvalue weighted by Crippen LogP contribution is -2.26. The smallest absolute Gasteiger partial charge is 0.0223 e. The van der Waals surface area contributed by atoms with Crippen LogP contribution in [0.2, 0.25) is 0 Å². The summed E-state index contributed by atoms with van der Waals surface area (Å²) in [5.74, 6) is 6.91. The highest BCUT2D eigenvalue weighted by atomic mass is 35.5. The van der Waals surface area contributed by atoms with Crippen LogP contribution in [-0.4, -0.2) is 5.88 Å². The van der Waals surface area contributed by atoms with Gasteiger partial charge in [0.15, 0.2) is 0 Å². The van der Waals surface area contributed by atoms with Gasteiger partial charge in [-0.25, -0.2) is 0 Å². The monoisotopic (exact) mass is 484 g/mol. The number of benzene rings is 1. The van der Waals surface area contributed by atoms with Gasteiger partial charge in [-0.05, 0) is 117 Å². The van der Waals surface area contributed by atoms with Crippen molar-refractivity contribution in [2.75, 3.05) is 5.88 Å². The van der Waals surface area contributed by atoms with Crippen LogP contribution in [0.3, 0.4) is 0 Å². The zero-order valence-electron chi connectivity index (χ0n) is 22.3. The van der Waals surface area contributed by atoms with Gasteiger partial charge in [-0.15, -0.1) is 11.6 Å². The van der Waals surface area contributed by atoms with Gasteiger partial charge >= 0.3 is 0 Å². The lowest BCUT2D eigenvalue weighted by atomic mass is 9.68. The predicted molar refractivity (Wildman–Crippen MR) is 150 cm³/mol. The fourth-order valence-electron chi connectivity index (χ4n) is 7.94. The molecule has 0 spiro atoms. The Morgan fingerprint density at radius 2 is 1.12 bits per heavy atom. The molecule has 0 atom stereocenters. The molecule has 0 saturated heterocycles. The molecule has 4 rings (SSSR count).